The molecular formula is C22H29N4OS+. The minimum absolute atomic E-state index is 0.0108. The van der Waals surface area contributed by atoms with Crippen LogP contribution in [-0.2, 0) is 18.3 Å². The van der Waals surface area contributed by atoms with Gasteiger partial charge in [0, 0.05) is 12.6 Å². The van der Waals surface area contributed by atoms with Crippen LogP contribution in [0.1, 0.15) is 46.8 Å². The molecule has 0 aliphatic heterocycles. The number of anilines is 1. The summed E-state index contributed by atoms with van der Waals surface area (Å²) in [6.45, 7) is 6.43. The van der Waals surface area contributed by atoms with Gasteiger partial charge in [-0.05, 0) is 37.3 Å². The van der Waals surface area contributed by atoms with Crippen molar-refractivity contribution in [3.8, 4) is 0 Å². The lowest BCUT2D eigenvalue weighted by atomic mass is 10.0. The lowest BCUT2D eigenvalue weighted by Gasteiger charge is -2.15. The van der Waals surface area contributed by atoms with Gasteiger partial charge >= 0.3 is 0 Å². The normalized spacial score (nSPS) is 12.1. The van der Waals surface area contributed by atoms with Crippen LogP contribution in [0.15, 0.2) is 41.8 Å². The molecule has 3 N–H and O–H groups in total. The monoisotopic (exact) mass is 397 g/mol. The number of aromatic nitrogens is 2. The Bertz CT molecular complexity index is 913. The molecule has 1 atom stereocenters. The van der Waals surface area contributed by atoms with Crippen molar-refractivity contribution >= 4 is 22.9 Å². The van der Waals surface area contributed by atoms with Crippen molar-refractivity contribution in [1.82, 2.24) is 9.78 Å². The highest BCUT2D eigenvalue weighted by Crippen LogP contribution is 2.23. The second kappa shape index (κ2) is 9.17. The minimum atomic E-state index is -0.0108. The molecule has 3 aromatic rings. The zero-order chi connectivity index (χ0) is 20.1. The van der Waals surface area contributed by atoms with Crippen molar-refractivity contribution in [2.24, 2.45) is 7.05 Å². The smallest absolute Gasteiger partial charge is 0.279 e. The molecule has 3 rings (SSSR count). The van der Waals surface area contributed by atoms with Gasteiger partial charge in [-0.2, -0.15) is 5.10 Å². The van der Waals surface area contributed by atoms with E-state index < -0.39 is 0 Å². The van der Waals surface area contributed by atoms with E-state index in [9.17, 15) is 4.79 Å². The quantitative estimate of drug-likeness (QED) is 0.612. The standard InChI is InChI=1S/C22H28N4OS/c1-5-7-17-9-11-18(12-10-17)22(19-8-6-13-28-19)23-14-20(27)24-21-15(2)25-26(4)16(21)3/h6,8-13,22-23H,5,7,14H2,1-4H3,(H,24,27)/p+1/t22-/m0/s1. The highest BCUT2D eigenvalue weighted by Gasteiger charge is 2.21. The van der Waals surface area contributed by atoms with E-state index in [1.54, 1.807) is 16.0 Å². The first-order valence-electron chi connectivity index (χ1n) is 9.75. The number of hydrogen-bond acceptors (Lipinski definition) is 3. The average molecular weight is 398 g/mol. The van der Waals surface area contributed by atoms with E-state index in [2.05, 4.69) is 64.4 Å². The van der Waals surface area contributed by atoms with Gasteiger partial charge in [-0.3, -0.25) is 9.48 Å². The summed E-state index contributed by atoms with van der Waals surface area (Å²) >= 11 is 1.73. The molecule has 0 fully saturated rings. The first kappa shape index (κ1) is 20.3. The van der Waals surface area contributed by atoms with Crippen LogP contribution in [-0.4, -0.2) is 22.2 Å². The third-order valence-electron chi connectivity index (χ3n) is 5.04. The van der Waals surface area contributed by atoms with E-state index in [1.807, 2.05) is 20.9 Å². The summed E-state index contributed by atoms with van der Waals surface area (Å²) in [5.74, 6) is -0.0108. The number of rotatable bonds is 8. The number of hydrogen-bond donors (Lipinski definition) is 2. The lowest BCUT2D eigenvalue weighted by Crippen LogP contribution is -2.87. The largest absolute Gasteiger partial charge is 0.328 e. The van der Waals surface area contributed by atoms with Crippen molar-refractivity contribution in [3.63, 3.8) is 0 Å². The predicted octanol–water partition coefficient (Wildman–Crippen LogP) is 3.34. The Morgan fingerprint density at radius 1 is 1.25 bits per heavy atom. The predicted molar refractivity (Wildman–Crippen MR) is 115 cm³/mol. The fraction of sp³-hybridized carbons (Fsp3) is 0.364. The Balaban J connectivity index is 1.71. The summed E-state index contributed by atoms with van der Waals surface area (Å²) in [6.07, 6.45) is 2.24. The summed E-state index contributed by atoms with van der Waals surface area (Å²) in [5, 5.41) is 11.6. The SMILES string of the molecule is CCCc1ccc([C@H]([NH2+]CC(=O)Nc2c(C)nn(C)c2C)c2cccs2)cc1. The van der Waals surface area contributed by atoms with Gasteiger partial charge in [-0.15, -0.1) is 11.3 Å². The van der Waals surface area contributed by atoms with Crippen LogP contribution in [0.2, 0.25) is 0 Å². The highest BCUT2D eigenvalue weighted by molar-refractivity contribution is 7.10. The number of nitrogens with two attached hydrogens (primary N) is 1. The maximum Gasteiger partial charge on any atom is 0.279 e. The van der Waals surface area contributed by atoms with Gasteiger partial charge in [-0.1, -0.05) is 43.7 Å². The zero-order valence-corrected chi connectivity index (χ0v) is 17.8. The molecule has 0 saturated carbocycles. The molecule has 148 valence electrons. The van der Waals surface area contributed by atoms with E-state index in [1.165, 1.54) is 16.0 Å². The molecule has 0 radical (unpaired) electrons. The van der Waals surface area contributed by atoms with Crippen LogP contribution in [0, 0.1) is 13.8 Å². The molecule has 5 nitrogen and oxygen atoms in total. The molecule has 2 aromatic heterocycles. The number of thiophene rings is 1. The van der Waals surface area contributed by atoms with Gasteiger partial charge in [0.2, 0.25) is 0 Å². The second-order valence-corrected chi connectivity index (χ2v) is 8.12. The van der Waals surface area contributed by atoms with Crippen molar-refractivity contribution < 1.29 is 10.1 Å². The molecule has 0 saturated heterocycles. The minimum Gasteiger partial charge on any atom is -0.328 e. The third-order valence-corrected chi connectivity index (χ3v) is 6.00. The number of nitrogens with one attached hydrogen (secondary N) is 1. The third kappa shape index (κ3) is 4.69. The van der Waals surface area contributed by atoms with E-state index in [-0.39, 0.29) is 11.9 Å². The number of quaternary nitrogens is 1. The topological polar surface area (TPSA) is 63.5 Å². The van der Waals surface area contributed by atoms with E-state index in [0.717, 1.165) is 29.9 Å². The highest BCUT2D eigenvalue weighted by atomic mass is 32.1. The average Bonchev–Trinajstić information content (AvgIpc) is 3.28. The Hall–Kier alpha value is -2.44. The van der Waals surface area contributed by atoms with Gasteiger partial charge in [0.05, 0.1) is 22.0 Å². The molecule has 0 unspecified atom stereocenters. The van der Waals surface area contributed by atoms with Crippen LogP contribution in [0.25, 0.3) is 0 Å². The van der Waals surface area contributed by atoms with Crippen molar-refractivity contribution in [3.05, 3.63) is 69.2 Å². The first-order chi connectivity index (χ1) is 13.5. The van der Waals surface area contributed by atoms with Crippen LogP contribution >= 0.6 is 11.3 Å². The van der Waals surface area contributed by atoms with E-state index in [4.69, 9.17) is 0 Å². The Kier molecular flexibility index (Phi) is 6.65. The summed E-state index contributed by atoms with van der Waals surface area (Å²) in [6, 6.07) is 13.1. The lowest BCUT2D eigenvalue weighted by molar-refractivity contribution is -0.675. The van der Waals surface area contributed by atoms with Crippen molar-refractivity contribution in [2.45, 2.75) is 39.7 Å². The molecular weight excluding hydrogens is 368 g/mol. The fourth-order valence-corrected chi connectivity index (χ4v) is 4.29. The van der Waals surface area contributed by atoms with Crippen LogP contribution in [0.5, 0.6) is 0 Å². The summed E-state index contributed by atoms with van der Waals surface area (Å²) in [5.41, 5.74) is 5.21. The van der Waals surface area contributed by atoms with Gasteiger partial charge in [0.1, 0.15) is 6.04 Å². The Morgan fingerprint density at radius 2 is 2.00 bits per heavy atom. The van der Waals surface area contributed by atoms with Gasteiger partial charge in [0.25, 0.3) is 5.91 Å². The van der Waals surface area contributed by atoms with Crippen LogP contribution in [0.4, 0.5) is 5.69 Å². The fourth-order valence-electron chi connectivity index (χ4n) is 3.43. The molecule has 0 spiro atoms. The zero-order valence-electron chi connectivity index (χ0n) is 17.0. The summed E-state index contributed by atoms with van der Waals surface area (Å²) in [7, 11) is 1.89. The maximum atomic E-state index is 12.6. The number of amides is 1. The van der Waals surface area contributed by atoms with Crippen molar-refractivity contribution in [2.75, 3.05) is 11.9 Å². The summed E-state index contributed by atoms with van der Waals surface area (Å²) in [4.78, 5) is 13.8. The van der Waals surface area contributed by atoms with Crippen LogP contribution in [0.3, 0.4) is 0 Å². The maximum absolute atomic E-state index is 12.6. The molecule has 1 aromatic carbocycles. The molecule has 0 aliphatic rings. The second-order valence-electron chi connectivity index (χ2n) is 7.14. The van der Waals surface area contributed by atoms with E-state index in [0.29, 0.717) is 6.54 Å². The van der Waals surface area contributed by atoms with Gasteiger partial charge < -0.3 is 10.6 Å². The molecule has 28 heavy (non-hydrogen) atoms. The number of aryl methyl sites for hydroxylation is 3. The number of nitrogens with zero attached hydrogens (tertiary/aromatic N) is 2. The van der Waals surface area contributed by atoms with Gasteiger partial charge in [-0.25, -0.2) is 0 Å². The Labute approximate surface area is 170 Å². The number of carbonyl (C=O) groups is 1. The summed E-state index contributed by atoms with van der Waals surface area (Å²) < 4.78 is 1.79. The molecule has 0 aliphatic carbocycles. The molecule has 1 amide bonds. The number of carbonyl (C=O) groups excluding carboxylic acids is 1. The Morgan fingerprint density at radius 3 is 2.57 bits per heavy atom. The van der Waals surface area contributed by atoms with Gasteiger partial charge in [0.15, 0.2) is 6.54 Å². The van der Waals surface area contributed by atoms with E-state index >= 15 is 0 Å². The molecule has 6 heteroatoms. The number of benzene rings is 1. The van der Waals surface area contributed by atoms with Crippen molar-refractivity contribution in [1.29, 1.82) is 0 Å². The molecule has 2 heterocycles. The first-order valence-corrected chi connectivity index (χ1v) is 10.6. The molecule has 0 bridgehead atoms. The van der Waals surface area contributed by atoms with Crippen LogP contribution < -0.4 is 10.6 Å².